The van der Waals surface area contributed by atoms with Crippen LogP contribution in [0.2, 0.25) is 0 Å². The quantitative estimate of drug-likeness (QED) is 0.130. The molecule has 4 rings (SSSR count). The first kappa shape index (κ1) is 44.2. The van der Waals surface area contributed by atoms with E-state index in [1.54, 1.807) is 0 Å². The molecule has 2 aromatic rings. The molecule has 42 heavy (non-hydrogen) atoms. The normalized spacial score (nSPS) is 13.4. The van der Waals surface area contributed by atoms with Crippen molar-refractivity contribution in [2.24, 2.45) is 0 Å². The fourth-order valence-electron chi connectivity index (χ4n) is 4.83. The maximum atomic E-state index is 3.49. The van der Waals surface area contributed by atoms with Crippen LogP contribution in [0.25, 0.3) is 0 Å². The van der Waals surface area contributed by atoms with E-state index in [-0.39, 0.29) is 79.1 Å². The van der Waals surface area contributed by atoms with E-state index in [0.29, 0.717) is 0 Å². The summed E-state index contributed by atoms with van der Waals surface area (Å²) in [5.41, 5.74) is 5.65. The Morgan fingerprint density at radius 1 is 0.619 bits per heavy atom. The summed E-state index contributed by atoms with van der Waals surface area (Å²) in [5, 5.41) is 0. The van der Waals surface area contributed by atoms with E-state index < -0.39 is 0 Å². The Morgan fingerprint density at radius 3 is 1.29 bits per heavy atom. The minimum atomic E-state index is 0. The molecule has 0 aliphatic heterocycles. The van der Waals surface area contributed by atoms with Crippen molar-refractivity contribution >= 4 is 23.5 Å². The third kappa shape index (κ3) is 12.5. The summed E-state index contributed by atoms with van der Waals surface area (Å²) in [4.78, 5) is 2.85. The smallest absolute Gasteiger partial charge is 1.00 e. The number of allylic oxidation sites excluding steroid dienone is 8. The van der Waals surface area contributed by atoms with Gasteiger partial charge in [0.15, 0.2) is 0 Å². The van der Waals surface area contributed by atoms with Crippen molar-refractivity contribution in [1.29, 1.82) is 0 Å². The molecule has 2 aliphatic rings. The third-order valence-corrected chi connectivity index (χ3v) is 9.69. The Hall–Kier alpha value is 0.109. The Bertz CT molecular complexity index is 1070. The minimum Gasteiger partial charge on any atom is -1.00 e. The van der Waals surface area contributed by atoms with Gasteiger partial charge in [-0.05, 0) is 58.4 Å². The standard InChI is InChI=1S/2C18H23S.2ClH.2Ti/c2*1-4-5-14-19-17-13-9-8-12-16(17)18(2,3)15-10-6-7-11-15;;;;/h2*6,8-10,12-13H,4-5,7,14H2,1-3H3;2*1H;;/q2*-1;;;2*+2/p-2. The van der Waals surface area contributed by atoms with Gasteiger partial charge in [-0.1, -0.05) is 90.8 Å². The number of rotatable bonds is 12. The van der Waals surface area contributed by atoms with Crippen LogP contribution in [-0.4, -0.2) is 11.5 Å². The van der Waals surface area contributed by atoms with E-state index in [1.165, 1.54) is 69.3 Å². The largest absolute Gasteiger partial charge is 2.00 e. The molecule has 0 spiro atoms. The molecule has 0 saturated carbocycles. The van der Waals surface area contributed by atoms with Gasteiger partial charge >= 0.3 is 43.4 Å². The van der Waals surface area contributed by atoms with Crippen molar-refractivity contribution in [3.63, 3.8) is 0 Å². The predicted molar refractivity (Wildman–Crippen MR) is 171 cm³/mol. The molecule has 0 bridgehead atoms. The summed E-state index contributed by atoms with van der Waals surface area (Å²) in [6.45, 7) is 13.7. The van der Waals surface area contributed by atoms with Crippen LogP contribution in [-0.2, 0) is 54.3 Å². The van der Waals surface area contributed by atoms with Gasteiger partial charge in [-0.25, -0.2) is 23.3 Å². The van der Waals surface area contributed by atoms with E-state index in [9.17, 15) is 0 Å². The number of benzene rings is 2. The molecule has 2 aromatic carbocycles. The molecule has 0 saturated heterocycles. The Kier molecular flexibility index (Phi) is 23.8. The topological polar surface area (TPSA) is 0 Å². The summed E-state index contributed by atoms with van der Waals surface area (Å²) in [6.07, 6.45) is 22.9. The molecule has 224 valence electrons. The van der Waals surface area contributed by atoms with Crippen molar-refractivity contribution in [1.82, 2.24) is 0 Å². The van der Waals surface area contributed by atoms with Gasteiger partial charge in [0.2, 0.25) is 0 Å². The Labute approximate surface area is 308 Å². The van der Waals surface area contributed by atoms with E-state index >= 15 is 0 Å². The van der Waals surface area contributed by atoms with Crippen LogP contribution in [0, 0.1) is 12.2 Å². The number of unbranched alkanes of at least 4 members (excludes halogenated alkanes) is 2. The number of halogens is 2. The van der Waals surface area contributed by atoms with Crippen LogP contribution >= 0.6 is 23.5 Å². The van der Waals surface area contributed by atoms with Gasteiger partial charge in [0.05, 0.1) is 0 Å². The van der Waals surface area contributed by atoms with Crippen LogP contribution in [0.4, 0.5) is 0 Å². The molecule has 0 amide bonds. The molecule has 0 unspecified atom stereocenters. The van der Waals surface area contributed by atoms with E-state index in [1.807, 2.05) is 23.5 Å². The third-order valence-electron chi connectivity index (χ3n) is 7.37. The SMILES string of the molecule is CCCCSc1ccccc1C(C)(C)C1=[C-]CC=C1.CCCCSc1ccccc1C(C)(C)C1=[C-]CC=C1.[Cl-].[Cl-].[Ti+2].[Ti+2]. The molecule has 0 atom stereocenters. The fourth-order valence-corrected chi connectivity index (χ4v) is 7.44. The van der Waals surface area contributed by atoms with E-state index in [4.69, 9.17) is 0 Å². The molecule has 0 aromatic heterocycles. The first-order valence-corrected chi connectivity index (χ1v) is 16.3. The van der Waals surface area contributed by atoms with Crippen molar-refractivity contribution in [3.8, 4) is 0 Å². The van der Waals surface area contributed by atoms with Gasteiger partial charge in [0, 0.05) is 9.79 Å². The van der Waals surface area contributed by atoms with Gasteiger partial charge in [-0.2, -0.15) is 12.2 Å². The predicted octanol–water partition coefficient (Wildman–Crippen LogP) is 5.09. The van der Waals surface area contributed by atoms with Gasteiger partial charge in [0.1, 0.15) is 0 Å². The Morgan fingerprint density at radius 2 is 0.976 bits per heavy atom. The maximum Gasteiger partial charge on any atom is 2.00 e. The maximum absolute atomic E-state index is 3.49. The monoisotopic (exact) mass is 708 g/mol. The van der Waals surface area contributed by atoms with Crippen LogP contribution in [0.15, 0.2) is 93.8 Å². The second kappa shape index (κ2) is 22.6. The Balaban J connectivity index is 0. The summed E-state index contributed by atoms with van der Waals surface area (Å²) >= 11 is 3.98. The summed E-state index contributed by atoms with van der Waals surface area (Å²) in [6, 6.07) is 17.7. The molecular weight excluding hydrogens is 663 g/mol. The van der Waals surface area contributed by atoms with Gasteiger partial charge in [0.25, 0.3) is 0 Å². The van der Waals surface area contributed by atoms with Crippen LogP contribution in [0.5, 0.6) is 0 Å². The summed E-state index contributed by atoms with van der Waals surface area (Å²) < 4.78 is 0. The average molecular weight is 710 g/mol. The van der Waals surface area contributed by atoms with Crippen molar-refractivity contribution < 1.29 is 68.2 Å². The first-order valence-electron chi connectivity index (χ1n) is 14.3. The zero-order valence-electron chi connectivity index (χ0n) is 26.2. The molecule has 0 fully saturated rings. The molecule has 6 heteroatoms. The molecular formula is C36H46Cl2S2Ti2. The number of hydrogen-bond acceptors (Lipinski definition) is 2. The van der Waals surface area contributed by atoms with E-state index in [2.05, 4.69) is 127 Å². The van der Waals surface area contributed by atoms with Crippen LogP contribution in [0.1, 0.15) is 91.2 Å². The fraction of sp³-hybridized carbons (Fsp3) is 0.444. The van der Waals surface area contributed by atoms with Gasteiger partial charge in [-0.3, -0.25) is 12.2 Å². The number of thioether (sulfide) groups is 2. The zero-order chi connectivity index (χ0) is 27.4. The second-order valence-corrected chi connectivity index (χ2v) is 13.3. The molecule has 0 radical (unpaired) electrons. The van der Waals surface area contributed by atoms with Crippen molar-refractivity contribution in [2.45, 2.75) is 101 Å². The van der Waals surface area contributed by atoms with Crippen LogP contribution in [0.3, 0.4) is 0 Å². The molecule has 2 aliphatic carbocycles. The zero-order valence-corrected chi connectivity index (χ0v) is 32.4. The number of hydrogen-bond donors (Lipinski definition) is 0. The summed E-state index contributed by atoms with van der Waals surface area (Å²) in [5.74, 6) is 2.42. The molecule has 0 heterocycles. The molecule has 0 nitrogen and oxygen atoms in total. The van der Waals surface area contributed by atoms with Crippen LogP contribution < -0.4 is 24.8 Å². The molecule has 0 N–H and O–H groups in total. The van der Waals surface area contributed by atoms with Crippen molar-refractivity contribution in [3.05, 3.63) is 107 Å². The van der Waals surface area contributed by atoms with Crippen molar-refractivity contribution in [2.75, 3.05) is 11.5 Å². The van der Waals surface area contributed by atoms with E-state index in [0.717, 1.165) is 12.8 Å². The average Bonchev–Trinajstić information content (AvgIpc) is 3.66. The van der Waals surface area contributed by atoms with Gasteiger partial charge < -0.3 is 24.8 Å². The minimum absolute atomic E-state index is 0. The summed E-state index contributed by atoms with van der Waals surface area (Å²) in [7, 11) is 0. The van der Waals surface area contributed by atoms with Gasteiger partial charge in [-0.15, -0.1) is 36.4 Å². The second-order valence-electron chi connectivity index (χ2n) is 11.0. The first-order chi connectivity index (χ1) is 18.3.